The van der Waals surface area contributed by atoms with Crippen molar-refractivity contribution in [3.05, 3.63) is 35.9 Å². The summed E-state index contributed by atoms with van der Waals surface area (Å²) in [6, 6.07) is 9.40. The van der Waals surface area contributed by atoms with E-state index in [0.29, 0.717) is 0 Å². The van der Waals surface area contributed by atoms with E-state index < -0.39 is 5.97 Å². The van der Waals surface area contributed by atoms with Crippen molar-refractivity contribution < 1.29 is 15.1 Å². The molecule has 1 aromatic rings. The van der Waals surface area contributed by atoms with Gasteiger partial charge in [0.05, 0.1) is 6.21 Å². The number of aliphatic carboxylic acids is 1. The van der Waals surface area contributed by atoms with Crippen molar-refractivity contribution in [2.24, 2.45) is 5.16 Å². The van der Waals surface area contributed by atoms with E-state index in [2.05, 4.69) is 5.16 Å². The van der Waals surface area contributed by atoms with Crippen LogP contribution in [0.4, 0.5) is 0 Å². The van der Waals surface area contributed by atoms with Crippen molar-refractivity contribution in [2.75, 3.05) is 0 Å². The van der Waals surface area contributed by atoms with Crippen LogP contribution in [0, 0.1) is 0 Å². The molecule has 0 saturated carbocycles. The van der Waals surface area contributed by atoms with Gasteiger partial charge in [-0.25, -0.2) is 0 Å². The lowest BCUT2D eigenvalue weighted by atomic mass is 10.2. The minimum atomic E-state index is -0.833. The molecule has 0 saturated heterocycles. The summed E-state index contributed by atoms with van der Waals surface area (Å²) in [6.45, 7) is 1.08. The third kappa shape index (κ3) is 8.06. The molecule has 2 N–H and O–H groups in total. The monoisotopic (exact) mass is 181 g/mol. The van der Waals surface area contributed by atoms with Crippen LogP contribution in [0.15, 0.2) is 35.5 Å². The molecule has 0 radical (unpaired) electrons. The van der Waals surface area contributed by atoms with E-state index in [1.165, 1.54) is 6.21 Å². The second-order valence-corrected chi connectivity index (χ2v) is 2.17. The minimum absolute atomic E-state index is 0.833. The maximum Gasteiger partial charge on any atom is 0.300 e. The van der Waals surface area contributed by atoms with Crippen LogP contribution in [0.2, 0.25) is 0 Å². The fourth-order valence-corrected chi connectivity index (χ4v) is 0.606. The third-order valence-electron chi connectivity index (χ3n) is 1.01. The van der Waals surface area contributed by atoms with Crippen LogP contribution in [0.5, 0.6) is 0 Å². The number of benzene rings is 1. The van der Waals surface area contributed by atoms with E-state index >= 15 is 0 Å². The molecule has 0 aromatic heterocycles. The lowest BCUT2D eigenvalue weighted by molar-refractivity contribution is -0.134. The molecule has 0 aliphatic rings. The van der Waals surface area contributed by atoms with Crippen LogP contribution in [-0.4, -0.2) is 22.5 Å². The predicted molar refractivity (Wildman–Crippen MR) is 49.1 cm³/mol. The van der Waals surface area contributed by atoms with E-state index in [1.807, 2.05) is 30.3 Å². The SMILES string of the molecule is CC(=O)O.ON=Cc1ccccc1. The number of rotatable bonds is 1. The molecule has 0 unspecified atom stereocenters. The van der Waals surface area contributed by atoms with E-state index in [9.17, 15) is 0 Å². The molecule has 13 heavy (non-hydrogen) atoms. The molecule has 0 atom stereocenters. The molecule has 0 fully saturated rings. The first-order valence-corrected chi connectivity index (χ1v) is 3.59. The Morgan fingerprint density at radius 1 is 1.38 bits per heavy atom. The number of carboxylic acid groups (broad SMARTS) is 1. The van der Waals surface area contributed by atoms with Crippen molar-refractivity contribution in [2.45, 2.75) is 6.92 Å². The topological polar surface area (TPSA) is 69.9 Å². The first-order chi connectivity index (χ1) is 6.16. The lowest BCUT2D eigenvalue weighted by Gasteiger charge is -1.85. The third-order valence-corrected chi connectivity index (χ3v) is 1.01. The normalized spacial score (nSPS) is 9.00. The van der Waals surface area contributed by atoms with Crippen molar-refractivity contribution in [3.8, 4) is 0 Å². The summed E-state index contributed by atoms with van der Waals surface area (Å²) in [5, 5.41) is 18.4. The lowest BCUT2D eigenvalue weighted by Crippen LogP contribution is -1.78. The molecule has 4 heteroatoms. The van der Waals surface area contributed by atoms with Crippen LogP contribution < -0.4 is 0 Å². The molecule has 0 aliphatic heterocycles. The molecule has 1 rings (SSSR count). The van der Waals surface area contributed by atoms with Crippen molar-refractivity contribution in [1.82, 2.24) is 0 Å². The van der Waals surface area contributed by atoms with E-state index in [0.717, 1.165) is 12.5 Å². The number of carbonyl (C=O) groups is 1. The van der Waals surface area contributed by atoms with Crippen LogP contribution in [0.3, 0.4) is 0 Å². The minimum Gasteiger partial charge on any atom is -0.481 e. The van der Waals surface area contributed by atoms with Gasteiger partial charge >= 0.3 is 0 Å². The molecule has 0 bridgehead atoms. The van der Waals surface area contributed by atoms with Gasteiger partial charge in [0.1, 0.15) is 0 Å². The fraction of sp³-hybridized carbons (Fsp3) is 0.111. The van der Waals surface area contributed by atoms with Crippen LogP contribution in [-0.2, 0) is 4.79 Å². The highest BCUT2D eigenvalue weighted by Gasteiger charge is 1.79. The van der Waals surface area contributed by atoms with Gasteiger partial charge < -0.3 is 10.3 Å². The molecule has 0 heterocycles. The summed E-state index contributed by atoms with van der Waals surface area (Å²) in [7, 11) is 0. The molecule has 0 aliphatic carbocycles. The summed E-state index contributed by atoms with van der Waals surface area (Å²) in [4.78, 5) is 9.00. The highest BCUT2D eigenvalue weighted by molar-refractivity contribution is 5.78. The van der Waals surface area contributed by atoms with Gasteiger partial charge in [0.2, 0.25) is 0 Å². The Kier molecular flexibility index (Phi) is 5.88. The van der Waals surface area contributed by atoms with Gasteiger partial charge in [-0.05, 0) is 5.56 Å². The predicted octanol–water partition coefficient (Wildman–Crippen LogP) is 1.59. The maximum absolute atomic E-state index is 9.00. The Bertz CT molecular complexity index is 265. The zero-order chi connectivity index (χ0) is 10.1. The van der Waals surface area contributed by atoms with Crippen LogP contribution in [0.25, 0.3) is 0 Å². The first-order valence-electron chi connectivity index (χ1n) is 3.59. The Labute approximate surface area is 76.1 Å². The Balaban J connectivity index is 0.000000310. The van der Waals surface area contributed by atoms with Crippen LogP contribution >= 0.6 is 0 Å². The Morgan fingerprint density at radius 2 is 1.85 bits per heavy atom. The number of nitrogens with zero attached hydrogens (tertiary/aromatic N) is 1. The zero-order valence-corrected chi connectivity index (χ0v) is 7.21. The summed E-state index contributed by atoms with van der Waals surface area (Å²) in [5.74, 6) is -0.833. The van der Waals surface area contributed by atoms with Gasteiger partial charge in [-0.3, -0.25) is 4.79 Å². The Hall–Kier alpha value is -1.84. The molecular weight excluding hydrogens is 170 g/mol. The molecule has 70 valence electrons. The number of oxime groups is 1. The molecule has 0 amide bonds. The van der Waals surface area contributed by atoms with E-state index in [4.69, 9.17) is 15.1 Å². The van der Waals surface area contributed by atoms with Gasteiger partial charge in [0.15, 0.2) is 0 Å². The number of hydrogen-bond acceptors (Lipinski definition) is 3. The Morgan fingerprint density at radius 3 is 2.23 bits per heavy atom. The van der Waals surface area contributed by atoms with Crippen molar-refractivity contribution >= 4 is 12.2 Å². The summed E-state index contributed by atoms with van der Waals surface area (Å²) >= 11 is 0. The summed E-state index contributed by atoms with van der Waals surface area (Å²) in [5.41, 5.74) is 0.903. The van der Waals surface area contributed by atoms with E-state index in [1.54, 1.807) is 0 Å². The number of hydrogen-bond donors (Lipinski definition) is 2. The average molecular weight is 181 g/mol. The molecule has 0 spiro atoms. The average Bonchev–Trinajstić information content (AvgIpc) is 2.06. The van der Waals surface area contributed by atoms with Gasteiger partial charge in [-0.1, -0.05) is 35.5 Å². The molecule has 1 aromatic carbocycles. The smallest absolute Gasteiger partial charge is 0.300 e. The summed E-state index contributed by atoms with van der Waals surface area (Å²) < 4.78 is 0. The van der Waals surface area contributed by atoms with Gasteiger partial charge in [-0.2, -0.15) is 0 Å². The number of carboxylic acids is 1. The van der Waals surface area contributed by atoms with Gasteiger partial charge in [0.25, 0.3) is 5.97 Å². The van der Waals surface area contributed by atoms with Crippen LogP contribution in [0.1, 0.15) is 12.5 Å². The standard InChI is InChI=1S/C7H7NO.C2H4O2/c9-8-6-7-4-2-1-3-5-7;1-2(3)4/h1-6,9H;1H3,(H,3,4). The van der Waals surface area contributed by atoms with Gasteiger partial charge in [-0.15, -0.1) is 0 Å². The van der Waals surface area contributed by atoms with Crippen molar-refractivity contribution in [1.29, 1.82) is 0 Å². The molecular formula is C9H11NO3. The van der Waals surface area contributed by atoms with E-state index in [-0.39, 0.29) is 0 Å². The highest BCUT2D eigenvalue weighted by Crippen LogP contribution is 1.92. The zero-order valence-electron chi connectivity index (χ0n) is 7.21. The fourth-order valence-electron chi connectivity index (χ4n) is 0.606. The van der Waals surface area contributed by atoms with Crippen molar-refractivity contribution in [3.63, 3.8) is 0 Å². The maximum atomic E-state index is 9.00. The second-order valence-electron chi connectivity index (χ2n) is 2.17. The first kappa shape index (κ1) is 11.2. The summed E-state index contributed by atoms with van der Waals surface area (Å²) in [6.07, 6.45) is 1.39. The highest BCUT2D eigenvalue weighted by atomic mass is 16.4. The van der Waals surface area contributed by atoms with Gasteiger partial charge in [0, 0.05) is 6.92 Å². The second kappa shape index (κ2) is 6.84. The quantitative estimate of drug-likeness (QED) is 0.392. The largest absolute Gasteiger partial charge is 0.481 e. The molecule has 4 nitrogen and oxygen atoms in total.